The first-order valence-electron chi connectivity index (χ1n) is 6.03. The summed E-state index contributed by atoms with van der Waals surface area (Å²) in [5.41, 5.74) is 2.73. The van der Waals surface area contributed by atoms with Gasteiger partial charge in [-0.15, -0.1) is 0 Å². The highest BCUT2D eigenvalue weighted by Crippen LogP contribution is 2.38. The van der Waals surface area contributed by atoms with Crippen molar-refractivity contribution in [2.45, 2.75) is 18.8 Å². The SMILES string of the molecule is c1cnc2cc(-c3n[nH]c(C4CC4)n3)ccc2n1. The van der Waals surface area contributed by atoms with Gasteiger partial charge in [-0.1, -0.05) is 0 Å². The monoisotopic (exact) mass is 237 g/mol. The molecule has 0 spiro atoms. The molecule has 0 bridgehead atoms. The molecule has 0 aliphatic heterocycles. The molecule has 2 heterocycles. The minimum atomic E-state index is 0.589. The average molecular weight is 237 g/mol. The number of hydrogen-bond donors (Lipinski definition) is 1. The normalized spacial score (nSPS) is 15.1. The molecule has 88 valence electrons. The van der Waals surface area contributed by atoms with Crippen molar-refractivity contribution < 1.29 is 0 Å². The molecule has 0 saturated heterocycles. The maximum Gasteiger partial charge on any atom is 0.181 e. The Balaban J connectivity index is 1.80. The lowest BCUT2D eigenvalue weighted by atomic mass is 10.2. The van der Waals surface area contributed by atoms with Crippen LogP contribution in [0.5, 0.6) is 0 Å². The highest BCUT2D eigenvalue weighted by Gasteiger charge is 2.27. The van der Waals surface area contributed by atoms with E-state index in [9.17, 15) is 0 Å². The van der Waals surface area contributed by atoms with Crippen LogP contribution in [0.25, 0.3) is 22.4 Å². The molecule has 0 unspecified atom stereocenters. The van der Waals surface area contributed by atoms with Crippen molar-refractivity contribution in [2.75, 3.05) is 0 Å². The smallest absolute Gasteiger partial charge is 0.181 e. The van der Waals surface area contributed by atoms with E-state index in [1.165, 1.54) is 12.8 Å². The summed E-state index contributed by atoms with van der Waals surface area (Å²) < 4.78 is 0. The number of nitrogens with one attached hydrogen (secondary N) is 1. The molecule has 18 heavy (non-hydrogen) atoms. The van der Waals surface area contributed by atoms with Crippen molar-refractivity contribution in [3.8, 4) is 11.4 Å². The molecule has 2 aromatic heterocycles. The first-order valence-corrected chi connectivity index (χ1v) is 6.03. The predicted molar refractivity (Wildman–Crippen MR) is 66.9 cm³/mol. The van der Waals surface area contributed by atoms with Gasteiger partial charge in [0.15, 0.2) is 5.82 Å². The standard InChI is InChI=1S/C13H11N5/c1-2-8(1)12-16-13(18-17-12)9-3-4-10-11(7-9)15-6-5-14-10/h3-8H,1-2H2,(H,16,17,18). The summed E-state index contributed by atoms with van der Waals surface area (Å²) in [5, 5.41) is 7.29. The molecule has 1 aliphatic carbocycles. The van der Waals surface area contributed by atoms with Crippen LogP contribution in [0, 0.1) is 0 Å². The van der Waals surface area contributed by atoms with Gasteiger partial charge in [0.2, 0.25) is 0 Å². The number of aromatic amines is 1. The number of rotatable bonds is 2. The summed E-state index contributed by atoms with van der Waals surface area (Å²) in [5.74, 6) is 2.33. The van der Waals surface area contributed by atoms with Gasteiger partial charge in [-0.25, -0.2) is 4.98 Å². The molecular weight excluding hydrogens is 226 g/mol. The minimum Gasteiger partial charge on any atom is -0.262 e. The number of aromatic nitrogens is 5. The third-order valence-corrected chi connectivity index (χ3v) is 3.19. The van der Waals surface area contributed by atoms with E-state index in [0.29, 0.717) is 5.92 Å². The second-order valence-corrected chi connectivity index (χ2v) is 4.58. The van der Waals surface area contributed by atoms with Crippen molar-refractivity contribution in [2.24, 2.45) is 0 Å². The number of nitrogens with zero attached hydrogens (tertiary/aromatic N) is 4. The van der Waals surface area contributed by atoms with Crippen molar-refractivity contribution in [1.82, 2.24) is 25.1 Å². The number of fused-ring (bicyclic) bond motifs is 1. The molecule has 0 amide bonds. The van der Waals surface area contributed by atoms with E-state index in [1.807, 2.05) is 18.2 Å². The molecule has 5 nitrogen and oxygen atoms in total. The Kier molecular flexibility index (Phi) is 1.94. The summed E-state index contributed by atoms with van der Waals surface area (Å²) >= 11 is 0. The Morgan fingerprint density at radius 3 is 2.72 bits per heavy atom. The van der Waals surface area contributed by atoms with Gasteiger partial charge in [0.05, 0.1) is 11.0 Å². The largest absolute Gasteiger partial charge is 0.262 e. The molecule has 0 radical (unpaired) electrons. The molecule has 1 aromatic carbocycles. The zero-order valence-electron chi connectivity index (χ0n) is 9.67. The topological polar surface area (TPSA) is 67.3 Å². The van der Waals surface area contributed by atoms with Crippen LogP contribution in [0.3, 0.4) is 0 Å². The second kappa shape index (κ2) is 3.60. The van der Waals surface area contributed by atoms with Crippen LogP contribution in [-0.4, -0.2) is 25.1 Å². The Morgan fingerprint density at radius 1 is 1.06 bits per heavy atom. The van der Waals surface area contributed by atoms with Crippen molar-refractivity contribution in [3.05, 3.63) is 36.4 Å². The third kappa shape index (κ3) is 1.55. The van der Waals surface area contributed by atoms with E-state index in [2.05, 4.69) is 25.1 Å². The lowest BCUT2D eigenvalue weighted by Gasteiger charge is -1.98. The first kappa shape index (κ1) is 9.70. The Labute approximate surface area is 103 Å². The van der Waals surface area contributed by atoms with Crippen LogP contribution >= 0.6 is 0 Å². The lowest BCUT2D eigenvalue weighted by molar-refractivity contribution is 0.935. The maximum atomic E-state index is 4.53. The fourth-order valence-corrected chi connectivity index (χ4v) is 2.05. The molecule has 1 aliphatic rings. The molecule has 1 saturated carbocycles. The minimum absolute atomic E-state index is 0.589. The summed E-state index contributed by atoms with van der Waals surface area (Å²) in [4.78, 5) is 13.1. The van der Waals surface area contributed by atoms with Gasteiger partial charge in [0, 0.05) is 23.9 Å². The molecule has 3 aromatic rings. The maximum absolute atomic E-state index is 4.53. The molecule has 1 fully saturated rings. The fraction of sp³-hybridized carbons (Fsp3) is 0.231. The van der Waals surface area contributed by atoms with Crippen LogP contribution < -0.4 is 0 Å². The van der Waals surface area contributed by atoms with Crippen molar-refractivity contribution in [3.63, 3.8) is 0 Å². The number of benzene rings is 1. The third-order valence-electron chi connectivity index (χ3n) is 3.19. The summed E-state index contributed by atoms with van der Waals surface area (Å²) in [6.45, 7) is 0. The van der Waals surface area contributed by atoms with Crippen LogP contribution in [0.1, 0.15) is 24.6 Å². The van der Waals surface area contributed by atoms with E-state index in [4.69, 9.17) is 0 Å². The van der Waals surface area contributed by atoms with Gasteiger partial charge in [0.25, 0.3) is 0 Å². The van der Waals surface area contributed by atoms with Gasteiger partial charge in [-0.2, -0.15) is 5.10 Å². The second-order valence-electron chi connectivity index (χ2n) is 4.58. The Hall–Kier alpha value is -2.30. The first-order chi connectivity index (χ1) is 8.90. The Morgan fingerprint density at radius 2 is 1.89 bits per heavy atom. The Bertz CT molecular complexity index is 714. The van der Waals surface area contributed by atoms with Gasteiger partial charge in [0.1, 0.15) is 5.82 Å². The molecule has 1 N–H and O–H groups in total. The van der Waals surface area contributed by atoms with Gasteiger partial charge in [-0.3, -0.25) is 15.1 Å². The van der Waals surface area contributed by atoms with E-state index in [0.717, 1.165) is 28.2 Å². The highest BCUT2D eigenvalue weighted by molar-refractivity contribution is 5.79. The predicted octanol–water partition coefficient (Wildman–Crippen LogP) is 2.29. The molecular formula is C13H11N5. The van der Waals surface area contributed by atoms with Crippen LogP contribution in [0.2, 0.25) is 0 Å². The lowest BCUT2D eigenvalue weighted by Crippen LogP contribution is -1.86. The zero-order chi connectivity index (χ0) is 11.9. The highest BCUT2D eigenvalue weighted by atomic mass is 15.2. The van der Waals surface area contributed by atoms with E-state index < -0.39 is 0 Å². The molecule has 0 atom stereocenters. The van der Waals surface area contributed by atoms with Crippen LogP contribution in [-0.2, 0) is 0 Å². The zero-order valence-corrected chi connectivity index (χ0v) is 9.67. The van der Waals surface area contributed by atoms with Crippen molar-refractivity contribution >= 4 is 11.0 Å². The number of H-pyrrole nitrogens is 1. The summed E-state index contributed by atoms with van der Waals surface area (Å²) in [6, 6.07) is 5.91. The average Bonchev–Trinajstić information content (AvgIpc) is 3.16. The molecule has 4 rings (SSSR count). The summed E-state index contributed by atoms with van der Waals surface area (Å²) in [7, 11) is 0. The van der Waals surface area contributed by atoms with E-state index in [-0.39, 0.29) is 0 Å². The van der Waals surface area contributed by atoms with Crippen LogP contribution in [0.15, 0.2) is 30.6 Å². The van der Waals surface area contributed by atoms with Gasteiger partial charge < -0.3 is 0 Å². The summed E-state index contributed by atoms with van der Waals surface area (Å²) in [6.07, 6.45) is 5.83. The molecule has 5 heteroatoms. The van der Waals surface area contributed by atoms with Gasteiger partial charge >= 0.3 is 0 Å². The van der Waals surface area contributed by atoms with E-state index >= 15 is 0 Å². The quantitative estimate of drug-likeness (QED) is 0.742. The van der Waals surface area contributed by atoms with E-state index in [1.54, 1.807) is 12.4 Å². The number of hydrogen-bond acceptors (Lipinski definition) is 4. The van der Waals surface area contributed by atoms with Gasteiger partial charge in [-0.05, 0) is 31.0 Å². The fourth-order valence-electron chi connectivity index (χ4n) is 2.05. The van der Waals surface area contributed by atoms with Crippen LogP contribution in [0.4, 0.5) is 0 Å². The van der Waals surface area contributed by atoms with Crippen molar-refractivity contribution in [1.29, 1.82) is 0 Å².